The van der Waals surface area contributed by atoms with E-state index in [-0.39, 0.29) is 5.78 Å². The standard InChI is InChI=1S/C17H23NO2/c1-18-10-4-5-13(11-18)12-20-17-9-3-6-14-15(17)7-2-8-16(14)19/h3,6,9,13H,2,4-5,7-8,10-12H2,1H3. The molecule has 3 heteroatoms. The van der Waals surface area contributed by atoms with Gasteiger partial charge >= 0.3 is 0 Å². The first-order valence-electron chi connectivity index (χ1n) is 7.70. The van der Waals surface area contributed by atoms with E-state index in [1.54, 1.807) is 0 Å². The molecular formula is C17H23NO2. The van der Waals surface area contributed by atoms with E-state index in [9.17, 15) is 4.79 Å². The summed E-state index contributed by atoms with van der Waals surface area (Å²) in [6, 6.07) is 5.91. The van der Waals surface area contributed by atoms with Crippen LogP contribution < -0.4 is 4.74 Å². The number of benzene rings is 1. The van der Waals surface area contributed by atoms with Crippen LogP contribution in [-0.2, 0) is 6.42 Å². The minimum Gasteiger partial charge on any atom is -0.493 e. The SMILES string of the molecule is CN1CCCC(COc2cccc3c2CCCC3=O)C1. The van der Waals surface area contributed by atoms with Crippen molar-refractivity contribution in [2.24, 2.45) is 5.92 Å². The fourth-order valence-corrected chi connectivity index (χ4v) is 3.40. The monoisotopic (exact) mass is 273 g/mol. The molecule has 1 saturated heterocycles. The fourth-order valence-electron chi connectivity index (χ4n) is 3.40. The Morgan fingerprint density at radius 1 is 1.30 bits per heavy atom. The van der Waals surface area contributed by atoms with Crippen LogP contribution in [0.3, 0.4) is 0 Å². The van der Waals surface area contributed by atoms with Crippen molar-refractivity contribution >= 4 is 5.78 Å². The molecule has 3 rings (SSSR count). The smallest absolute Gasteiger partial charge is 0.163 e. The highest BCUT2D eigenvalue weighted by atomic mass is 16.5. The van der Waals surface area contributed by atoms with Crippen LogP contribution in [0.25, 0.3) is 0 Å². The Labute approximate surface area is 120 Å². The lowest BCUT2D eigenvalue weighted by atomic mass is 9.90. The summed E-state index contributed by atoms with van der Waals surface area (Å²) in [4.78, 5) is 14.3. The number of hydrogen-bond acceptors (Lipinski definition) is 3. The van der Waals surface area contributed by atoms with Gasteiger partial charge in [0.05, 0.1) is 6.61 Å². The zero-order chi connectivity index (χ0) is 13.9. The third-order valence-corrected chi connectivity index (χ3v) is 4.46. The maximum absolute atomic E-state index is 11.9. The van der Waals surface area contributed by atoms with Gasteiger partial charge in [-0.3, -0.25) is 4.79 Å². The zero-order valence-electron chi connectivity index (χ0n) is 12.2. The van der Waals surface area contributed by atoms with Crippen LogP contribution in [0.5, 0.6) is 5.75 Å². The van der Waals surface area contributed by atoms with Crippen LogP contribution in [0, 0.1) is 5.92 Å². The molecule has 3 nitrogen and oxygen atoms in total. The van der Waals surface area contributed by atoms with E-state index in [0.717, 1.165) is 42.9 Å². The third-order valence-electron chi connectivity index (χ3n) is 4.46. The summed E-state index contributed by atoms with van der Waals surface area (Å²) in [7, 11) is 2.18. The molecule has 1 fully saturated rings. The van der Waals surface area contributed by atoms with Crippen molar-refractivity contribution in [1.29, 1.82) is 0 Å². The predicted molar refractivity (Wildman–Crippen MR) is 79.4 cm³/mol. The van der Waals surface area contributed by atoms with Gasteiger partial charge in [0.25, 0.3) is 0 Å². The Bertz CT molecular complexity index is 498. The molecule has 0 amide bonds. The second kappa shape index (κ2) is 5.96. The number of ketones is 1. The Hall–Kier alpha value is -1.35. The maximum Gasteiger partial charge on any atom is 0.163 e. The highest BCUT2D eigenvalue weighted by Gasteiger charge is 2.22. The Balaban J connectivity index is 1.68. The van der Waals surface area contributed by atoms with Crippen molar-refractivity contribution in [2.75, 3.05) is 26.7 Å². The van der Waals surface area contributed by atoms with E-state index in [0.29, 0.717) is 12.3 Å². The van der Waals surface area contributed by atoms with E-state index in [1.807, 2.05) is 18.2 Å². The molecule has 2 aliphatic rings. The van der Waals surface area contributed by atoms with Crippen LogP contribution >= 0.6 is 0 Å². The van der Waals surface area contributed by atoms with Gasteiger partial charge in [0.2, 0.25) is 0 Å². The molecular weight excluding hydrogens is 250 g/mol. The fraction of sp³-hybridized carbons (Fsp3) is 0.588. The van der Waals surface area contributed by atoms with Gasteiger partial charge in [-0.05, 0) is 45.3 Å². The summed E-state index contributed by atoms with van der Waals surface area (Å²) < 4.78 is 6.06. The van der Waals surface area contributed by atoms with Crippen LogP contribution in [0.2, 0.25) is 0 Å². The minimum atomic E-state index is 0.272. The molecule has 0 saturated carbocycles. The second-order valence-corrected chi connectivity index (χ2v) is 6.14. The summed E-state index contributed by atoms with van der Waals surface area (Å²) in [5.41, 5.74) is 2.02. The highest BCUT2D eigenvalue weighted by Crippen LogP contribution is 2.30. The molecule has 0 radical (unpaired) electrons. The molecule has 1 aliphatic carbocycles. The van der Waals surface area contributed by atoms with Gasteiger partial charge in [-0.2, -0.15) is 0 Å². The van der Waals surface area contributed by atoms with E-state index in [1.165, 1.54) is 19.4 Å². The van der Waals surface area contributed by atoms with Crippen LogP contribution in [0.15, 0.2) is 18.2 Å². The number of ether oxygens (including phenoxy) is 1. The van der Waals surface area contributed by atoms with Gasteiger partial charge in [-0.15, -0.1) is 0 Å². The van der Waals surface area contributed by atoms with Gasteiger partial charge in [-0.25, -0.2) is 0 Å². The van der Waals surface area contributed by atoms with Crippen molar-refractivity contribution in [3.63, 3.8) is 0 Å². The van der Waals surface area contributed by atoms with Gasteiger partial charge in [0.15, 0.2) is 5.78 Å². The average molecular weight is 273 g/mol. The number of fused-ring (bicyclic) bond motifs is 1. The second-order valence-electron chi connectivity index (χ2n) is 6.14. The number of piperidine rings is 1. The molecule has 0 bridgehead atoms. The number of Topliss-reactive ketones (excluding diaryl/α,β-unsaturated/α-hetero) is 1. The van der Waals surface area contributed by atoms with Crippen molar-refractivity contribution in [2.45, 2.75) is 32.1 Å². The first-order chi connectivity index (χ1) is 9.74. The number of likely N-dealkylation sites (tertiary alicyclic amines) is 1. The van der Waals surface area contributed by atoms with Gasteiger partial charge in [-0.1, -0.05) is 12.1 Å². The molecule has 1 aromatic carbocycles. The third kappa shape index (κ3) is 2.88. The van der Waals surface area contributed by atoms with Crippen molar-refractivity contribution in [3.05, 3.63) is 29.3 Å². The Morgan fingerprint density at radius 3 is 3.05 bits per heavy atom. The molecule has 1 heterocycles. The number of nitrogens with zero attached hydrogens (tertiary/aromatic N) is 1. The average Bonchev–Trinajstić information content (AvgIpc) is 2.46. The van der Waals surface area contributed by atoms with Gasteiger partial charge in [0.1, 0.15) is 5.75 Å². The zero-order valence-corrected chi connectivity index (χ0v) is 12.2. The number of rotatable bonds is 3. The lowest BCUT2D eigenvalue weighted by Crippen LogP contribution is -2.34. The molecule has 20 heavy (non-hydrogen) atoms. The minimum absolute atomic E-state index is 0.272. The first kappa shape index (κ1) is 13.6. The van der Waals surface area contributed by atoms with Crippen molar-refractivity contribution < 1.29 is 9.53 Å². The Kier molecular flexibility index (Phi) is 4.06. The van der Waals surface area contributed by atoms with Gasteiger partial charge < -0.3 is 9.64 Å². The summed E-state index contributed by atoms with van der Waals surface area (Å²) in [5, 5.41) is 0. The summed E-state index contributed by atoms with van der Waals surface area (Å²) in [6.07, 6.45) is 5.12. The molecule has 1 aliphatic heterocycles. The highest BCUT2D eigenvalue weighted by molar-refractivity contribution is 5.99. The topological polar surface area (TPSA) is 29.5 Å². The van der Waals surface area contributed by atoms with Gasteiger partial charge in [0, 0.05) is 30.0 Å². The molecule has 108 valence electrons. The molecule has 0 spiro atoms. The summed E-state index contributed by atoms with van der Waals surface area (Å²) in [5.74, 6) is 1.82. The lowest BCUT2D eigenvalue weighted by molar-refractivity contribution is 0.0970. The number of hydrogen-bond donors (Lipinski definition) is 0. The molecule has 0 aromatic heterocycles. The predicted octanol–water partition coefficient (Wildman–Crippen LogP) is 2.93. The van der Waals surface area contributed by atoms with Crippen LogP contribution in [0.1, 0.15) is 41.6 Å². The molecule has 1 unspecified atom stereocenters. The Morgan fingerprint density at radius 2 is 2.20 bits per heavy atom. The van der Waals surface area contributed by atoms with Crippen LogP contribution in [0.4, 0.5) is 0 Å². The lowest BCUT2D eigenvalue weighted by Gasteiger charge is -2.30. The van der Waals surface area contributed by atoms with Crippen LogP contribution in [-0.4, -0.2) is 37.4 Å². The van der Waals surface area contributed by atoms with E-state index < -0.39 is 0 Å². The number of carbonyl (C=O) groups excluding carboxylic acids is 1. The summed E-state index contributed by atoms with van der Waals surface area (Å²) >= 11 is 0. The van der Waals surface area contributed by atoms with Crippen molar-refractivity contribution in [1.82, 2.24) is 4.90 Å². The van der Waals surface area contributed by atoms with E-state index >= 15 is 0 Å². The molecule has 0 N–H and O–H groups in total. The summed E-state index contributed by atoms with van der Waals surface area (Å²) in [6.45, 7) is 3.09. The largest absolute Gasteiger partial charge is 0.493 e. The molecule has 1 atom stereocenters. The van der Waals surface area contributed by atoms with Crippen molar-refractivity contribution in [3.8, 4) is 5.75 Å². The normalized spacial score (nSPS) is 23.4. The van der Waals surface area contributed by atoms with E-state index in [2.05, 4.69) is 11.9 Å². The first-order valence-corrected chi connectivity index (χ1v) is 7.70. The quantitative estimate of drug-likeness (QED) is 0.848. The molecule has 1 aromatic rings. The van der Waals surface area contributed by atoms with E-state index in [4.69, 9.17) is 4.74 Å². The number of carbonyl (C=O) groups is 1. The maximum atomic E-state index is 11.9.